The maximum absolute atomic E-state index is 13.1. The van der Waals surface area contributed by atoms with E-state index in [9.17, 15) is 4.79 Å². The molecule has 0 unspecified atom stereocenters. The van der Waals surface area contributed by atoms with Crippen molar-refractivity contribution in [2.45, 2.75) is 40.2 Å². The van der Waals surface area contributed by atoms with E-state index >= 15 is 0 Å². The molecule has 5 heteroatoms. The van der Waals surface area contributed by atoms with Gasteiger partial charge in [-0.1, -0.05) is 18.5 Å². The first kappa shape index (κ1) is 19.8. The fourth-order valence-corrected chi connectivity index (χ4v) is 4.50. The fourth-order valence-electron chi connectivity index (χ4n) is 4.33. The van der Waals surface area contributed by atoms with E-state index in [1.807, 2.05) is 37.3 Å². The SMILES string of the molecule is CCn1c(C(=O)Nc2ccc(N3CCC(C)CC3)cc2)c(C)c2cc(Cl)ccc21. The van der Waals surface area contributed by atoms with Gasteiger partial charge < -0.3 is 14.8 Å². The predicted octanol–water partition coefficient (Wildman–Crippen LogP) is 6.11. The number of piperidine rings is 1. The van der Waals surface area contributed by atoms with Crippen LogP contribution in [0.5, 0.6) is 0 Å². The first-order chi connectivity index (χ1) is 14.0. The Balaban J connectivity index is 1.56. The van der Waals surface area contributed by atoms with Crippen LogP contribution < -0.4 is 10.2 Å². The molecule has 152 valence electrons. The Bertz CT molecular complexity index is 1030. The Kier molecular flexibility index (Phi) is 5.55. The fraction of sp³-hybridized carbons (Fsp3) is 0.375. The number of rotatable bonds is 4. The summed E-state index contributed by atoms with van der Waals surface area (Å²) in [4.78, 5) is 15.5. The van der Waals surface area contributed by atoms with Crippen molar-refractivity contribution in [1.29, 1.82) is 0 Å². The van der Waals surface area contributed by atoms with Gasteiger partial charge >= 0.3 is 0 Å². The second-order valence-corrected chi connectivity index (χ2v) is 8.49. The molecule has 4 rings (SSSR count). The molecule has 1 aliphatic heterocycles. The van der Waals surface area contributed by atoms with Crippen LogP contribution in [-0.4, -0.2) is 23.6 Å². The van der Waals surface area contributed by atoms with Crippen LogP contribution >= 0.6 is 11.6 Å². The van der Waals surface area contributed by atoms with Crippen LogP contribution in [0.2, 0.25) is 5.02 Å². The third-order valence-corrected chi connectivity index (χ3v) is 6.32. The Hall–Kier alpha value is -2.46. The summed E-state index contributed by atoms with van der Waals surface area (Å²) in [6.07, 6.45) is 2.48. The first-order valence-electron chi connectivity index (χ1n) is 10.4. The van der Waals surface area contributed by atoms with Crippen LogP contribution in [0.3, 0.4) is 0 Å². The van der Waals surface area contributed by atoms with E-state index in [0.29, 0.717) is 10.7 Å². The van der Waals surface area contributed by atoms with Gasteiger partial charge in [0.05, 0.1) is 0 Å². The molecule has 1 saturated heterocycles. The average Bonchev–Trinajstić information content (AvgIpc) is 3.00. The van der Waals surface area contributed by atoms with Crippen LogP contribution in [0.1, 0.15) is 42.7 Å². The van der Waals surface area contributed by atoms with E-state index in [1.54, 1.807) is 0 Å². The molecule has 0 spiro atoms. The van der Waals surface area contributed by atoms with Crippen molar-refractivity contribution in [2.75, 3.05) is 23.3 Å². The molecular weight excluding hydrogens is 382 g/mol. The third-order valence-electron chi connectivity index (χ3n) is 6.08. The monoisotopic (exact) mass is 409 g/mol. The Morgan fingerprint density at radius 1 is 1.14 bits per heavy atom. The molecule has 1 aromatic heterocycles. The number of benzene rings is 2. The number of amides is 1. The molecule has 1 fully saturated rings. The first-order valence-corrected chi connectivity index (χ1v) is 10.8. The Morgan fingerprint density at radius 3 is 2.48 bits per heavy atom. The maximum atomic E-state index is 13.1. The topological polar surface area (TPSA) is 37.3 Å². The second-order valence-electron chi connectivity index (χ2n) is 8.05. The lowest BCUT2D eigenvalue weighted by atomic mass is 9.99. The maximum Gasteiger partial charge on any atom is 0.272 e. The van der Waals surface area contributed by atoms with Crippen molar-refractivity contribution in [3.05, 3.63) is 58.7 Å². The molecule has 0 radical (unpaired) electrons. The molecule has 1 N–H and O–H groups in total. The zero-order valence-electron chi connectivity index (χ0n) is 17.3. The summed E-state index contributed by atoms with van der Waals surface area (Å²) in [6, 6.07) is 14.0. The van der Waals surface area contributed by atoms with E-state index in [4.69, 9.17) is 11.6 Å². The summed E-state index contributed by atoms with van der Waals surface area (Å²) in [5.41, 5.74) is 4.73. The van der Waals surface area contributed by atoms with Crippen LogP contribution in [0, 0.1) is 12.8 Å². The van der Waals surface area contributed by atoms with Gasteiger partial charge in [-0.2, -0.15) is 0 Å². The van der Waals surface area contributed by atoms with Crippen molar-refractivity contribution in [3.63, 3.8) is 0 Å². The summed E-state index contributed by atoms with van der Waals surface area (Å²) >= 11 is 6.18. The van der Waals surface area contributed by atoms with Crippen molar-refractivity contribution < 1.29 is 4.79 Å². The van der Waals surface area contributed by atoms with Crippen molar-refractivity contribution in [1.82, 2.24) is 4.57 Å². The molecule has 1 amide bonds. The molecule has 2 heterocycles. The van der Waals surface area contributed by atoms with Gasteiger partial charge in [-0.15, -0.1) is 0 Å². The summed E-state index contributed by atoms with van der Waals surface area (Å²) in [5, 5.41) is 4.79. The smallest absolute Gasteiger partial charge is 0.272 e. The van der Waals surface area contributed by atoms with Crippen molar-refractivity contribution in [3.8, 4) is 0 Å². The van der Waals surface area contributed by atoms with Gasteiger partial charge in [-0.05, 0) is 80.6 Å². The number of nitrogens with one attached hydrogen (secondary N) is 1. The molecule has 2 aromatic carbocycles. The Labute approximate surface area is 177 Å². The highest BCUT2D eigenvalue weighted by Gasteiger charge is 2.20. The number of aromatic nitrogens is 1. The number of hydrogen-bond donors (Lipinski definition) is 1. The molecule has 4 nitrogen and oxygen atoms in total. The highest BCUT2D eigenvalue weighted by atomic mass is 35.5. The lowest BCUT2D eigenvalue weighted by molar-refractivity contribution is 0.101. The van der Waals surface area contributed by atoms with Crippen LogP contribution in [0.4, 0.5) is 11.4 Å². The van der Waals surface area contributed by atoms with Crippen LogP contribution in [0.25, 0.3) is 10.9 Å². The summed E-state index contributed by atoms with van der Waals surface area (Å²) < 4.78 is 2.06. The molecule has 0 aliphatic carbocycles. The largest absolute Gasteiger partial charge is 0.372 e. The molecule has 29 heavy (non-hydrogen) atoms. The lowest BCUT2D eigenvalue weighted by Crippen LogP contribution is -2.32. The minimum atomic E-state index is -0.0868. The van der Waals surface area contributed by atoms with E-state index in [1.165, 1.54) is 18.5 Å². The van der Waals surface area contributed by atoms with Gasteiger partial charge in [0.2, 0.25) is 0 Å². The molecule has 3 aromatic rings. The molecule has 1 aliphatic rings. The minimum Gasteiger partial charge on any atom is -0.372 e. The number of anilines is 2. The van der Waals surface area contributed by atoms with Gasteiger partial charge in [-0.25, -0.2) is 0 Å². The molecular formula is C24H28ClN3O. The number of carbonyl (C=O) groups excluding carboxylic acids is 1. The number of halogens is 1. The Morgan fingerprint density at radius 2 is 1.83 bits per heavy atom. The zero-order chi connectivity index (χ0) is 20.5. The normalized spacial score (nSPS) is 15.1. The number of carbonyl (C=O) groups is 1. The lowest BCUT2D eigenvalue weighted by Gasteiger charge is -2.32. The van der Waals surface area contributed by atoms with Crippen LogP contribution in [-0.2, 0) is 6.54 Å². The molecule has 0 atom stereocenters. The average molecular weight is 410 g/mol. The van der Waals surface area contributed by atoms with Gasteiger partial charge in [0.25, 0.3) is 5.91 Å². The summed E-state index contributed by atoms with van der Waals surface area (Å²) in [7, 11) is 0. The highest BCUT2D eigenvalue weighted by molar-refractivity contribution is 6.31. The van der Waals surface area contributed by atoms with Gasteiger partial charge in [0, 0.05) is 46.9 Å². The van der Waals surface area contributed by atoms with Gasteiger partial charge in [0.1, 0.15) is 5.69 Å². The number of aryl methyl sites for hydroxylation is 2. The second kappa shape index (κ2) is 8.11. The highest BCUT2D eigenvalue weighted by Crippen LogP contribution is 2.29. The minimum absolute atomic E-state index is 0.0868. The quantitative estimate of drug-likeness (QED) is 0.564. The zero-order valence-corrected chi connectivity index (χ0v) is 18.1. The van der Waals surface area contributed by atoms with E-state index in [-0.39, 0.29) is 5.91 Å². The summed E-state index contributed by atoms with van der Waals surface area (Å²) in [5.74, 6) is 0.726. The summed E-state index contributed by atoms with van der Waals surface area (Å²) in [6.45, 7) is 9.29. The van der Waals surface area contributed by atoms with E-state index in [2.05, 4.69) is 40.8 Å². The van der Waals surface area contributed by atoms with Gasteiger partial charge in [-0.3, -0.25) is 4.79 Å². The number of nitrogens with zero attached hydrogens (tertiary/aromatic N) is 2. The van der Waals surface area contributed by atoms with Crippen LogP contribution in [0.15, 0.2) is 42.5 Å². The van der Waals surface area contributed by atoms with Gasteiger partial charge in [0.15, 0.2) is 0 Å². The molecule has 0 bridgehead atoms. The van der Waals surface area contributed by atoms with E-state index < -0.39 is 0 Å². The predicted molar refractivity (Wildman–Crippen MR) is 122 cm³/mol. The standard InChI is InChI=1S/C24H28ClN3O/c1-4-28-22-10-5-18(25)15-21(22)17(3)23(28)24(29)26-19-6-8-20(9-7-19)27-13-11-16(2)12-14-27/h5-10,15-16H,4,11-14H2,1-3H3,(H,26,29). The number of hydrogen-bond acceptors (Lipinski definition) is 2. The van der Waals surface area contributed by atoms with Crippen molar-refractivity contribution >= 4 is 39.8 Å². The third kappa shape index (κ3) is 3.86. The molecule has 0 saturated carbocycles. The number of fused-ring (bicyclic) bond motifs is 1. The van der Waals surface area contributed by atoms with E-state index in [0.717, 1.165) is 47.7 Å². The van der Waals surface area contributed by atoms with Crippen molar-refractivity contribution in [2.24, 2.45) is 5.92 Å².